The van der Waals surface area contributed by atoms with Gasteiger partial charge in [0.25, 0.3) is 0 Å². The molecule has 0 radical (unpaired) electrons. The lowest BCUT2D eigenvalue weighted by Gasteiger charge is -2.37. The van der Waals surface area contributed by atoms with Crippen molar-refractivity contribution in [2.75, 3.05) is 44.7 Å². The standard InChI is InChI=1S/C17H24N2O2/c1-21-16-6-3-5-15(12-16)19-10-8-18(9-11-19)13-14-4-2-7-17(14)20/h3,5-6,12,14H,2,4,7-11,13H2,1H3. The topological polar surface area (TPSA) is 32.8 Å². The summed E-state index contributed by atoms with van der Waals surface area (Å²) in [6, 6.07) is 8.25. The highest BCUT2D eigenvalue weighted by atomic mass is 16.5. The largest absolute Gasteiger partial charge is 0.497 e. The minimum atomic E-state index is 0.299. The van der Waals surface area contributed by atoms with Crippen LogP contribution in [0.2, 0.25) is 0 Å². The lowest BCUT2D eigenvalue weighted by Crippen LogP contribution is -2.48. The van der Waals surface area contributed by atoms with E-state index in [0.29, 0.717) is 11.7 Å². The van der Waals surface area contributed by atoms with Gasteiger partial charge in [0.05, 0.1) is 7.11 Å². The van der Waals surface area contributed by atoms with Gasteiger partial charge >= 0.3 is 0 Å². The summed E-state index contributed by atoms with van der Waals surface area (Å²) in [7, 11) is 1.70. The van der Waals surface area contributed by atoms with Gasteiger partial charge in [-0.3, -0.25) is 9.69 Å². The van der Waals surface area contributed by atoms with Crippen LogP contribution in [0.5, 0.6) is 5.75 Å². The Morgan fingerprint density at radius 2 is 2.05 bits per heavy atom. The number of hydrogen-bond donors (Lipinski definition) is 0. The average molecular weight is 288 g/mol. The van der Waals surface area contributed by atoms with Crippen molar-refractivity contribution in [2.45, 2.75) is 19.3 Å². The molecule has 2 aliphatic rings. The van der Waals surface area contributed by atoms with Crippen LogP contribution >= 0.6 is 0 Å². The van der Waals surface area contributed by atoms with Crippen molar-refractivity contribution in [1.29, 1.82) is 0 Å². The molecule has 21 heavy (non-hydrogen) atoms. The SMILES string of the molecule is COc1cccc(N2CCN(CC3CCCC3=O)CC2)c1. The lowest BCUT2D eigenvalue weighted by molar-refractivity contribution is -0.121. The molecule has 1 atom stereocenters. The quantitative estimate of drug-likeness (QED) is 0.850. The van der Waals surface area contributed by atoms with E-state index in [-0.39, 0.29) is 0 Å². The summed E-state index contributed by atoms with van der Waals surface area (Å²) in [5, 5.41) is 0. The molecule has 0 aromatic heterocycles. The zero-order chi connectivity index (χ0) is 14.7. The van der Waals surface area contributed by atoms with Crippen molar-refractivity contribution in [3.63, 3.8) is 0 Å². The summed E-state index contributed by atoms with van der Waals surface area (Å²) in [5.74, 6) is 1.69. The summed E-state index contributed by atoms with van der Waals surface area (Å²) in [4.78, 5) is 16.6. The number of ketones is 1. The molecule has 1 heterocycles. The molecule has 1 aromatic carbocycles. The van der Waals surface area contributed by atoms with Crippen molar-refractivity contribution < 1.29 is 9.53 Å². The van der Waals surface area contributed by atoms with Gasteiger partial charge in [-0.05, 0) is 25.0 Å². The Morgan fingerprint density at radius 1 is 1.24 bits per heavy atom. The molecule has 114 valence electrons. The first-order valence-corrected chi connectivity index (χ1v) is 7.90. The first-order chi connectivity index (χ1) is 10.3. The minimum Gasteiger partial charge on any atom is -0.497 e. The van der Waals surface area contributed by atoms with Crippen LogP contribution < -0.4 is 9.64 Å². The molecule has 0 spiro atoms. The van der Waals surface area contributed by atoms with E-state index in [0.717, 1.165) is 57.7 Å². The van der Waals surface area contributed by atoms with Crippen LogP contribution in [0.4, 0.5) is 5.69 Å². The minimum absolute atomic E-state index is 0.299. The van der Waals surface area contributed by atoms with E-state index in [4.69, 9.17) is 4.74 Å². The average Bonchev–Trinajstić information content (AvgIpc) is 2.93. The second kappa shape index (κ2) is 6.48. The molecule has 0 bridgehead atoms. The van der Waals surface area contributed by atoms with E-state index in [2.05, 4.69) is 21.9 Å². The Kier molecular flexibility index (Phi) is 4.44. The Morgan fingerprint density at radius 3 is 2.71 bits per heavy atom. The molecule has 1 saturated heterocycles. The predicted octanol–water partition coefficient (Wildman–Crippen LogP) is 2.19. The number of anilines is 1. The molecule has 1 saturated carbocycles. The zero-order valence-electron chi connectivity index (χ0n) is 12.8. The van der Waals surface area contributed by atoms with Gasteiger partial charge in [-0.25, -0.2) is 0 Å². The summed E-state index contributed by atoms with van der Waals surface area (Å²) >= 11 is 0. The predicted molar refractivity (Wildman–Crippen MR) is 84.0 cm³/mol. The Balaban J connectivity index is 1.53. The normalized spacial score (nSPS) is 23.6. The van der Waals surface area contributed by atoms with E-state index in [1.807, 2.05) is 12.1 Å². The molecule has 1 unspecified atom stereocenters. The maximum absolute atomic E-state index is 11.8. The Labute approximate surface area is 126 Å². The highest BCUT2D eigenvalue weighted by Crippen LogP contribution is 2.25. The van der Waals surface area contributed by atoms with E-state index in [9.17, 15) is 4.79 Å². The summed E-state index contributed by atoms with van der Waals surface area (Å²) in [6.07, 6.45) is 2.98. The van der Waals surface area contributed by atoms with Crippen LogP contribution in [-0.2, 0) is 4.79 Å². The number of nitrogens with zero attached hydrogens (tertiary/aromatic N) is 2. The maximum Gasteiger partial charge on any atom is 0.137 e. The van der Waals surface area contributed by atoms with Gasteiger partial charge in [-0.2, -0.15) is 0 Å². The summed E-state index contributed by atoms with van der Waals surface area (Å²) in [6.45, 7) is 5.09. The van der Waals surface area contributed by atoms with Crippen LogP contribution in [0.15, 0.2) is 24.3 Å². The highest BCUT2D eigenvalue weighted by Gasteiger charge is 2.27. The molecule has 0 N–H and O–H groups in total. The number of piperazine rings is 1. The summed E-state index contributed by atoms with van der Waals surface area (Å²) in [5.41, 5.74) is 1.23. The smallest absolute Gasteiger partial charge is 0.137 e. The van der Waals surface area contributed by atoms with Crippen LogP contribution in [0.25, 0.3) is 0 Å². The first kappa shape index (κ1) is 14.4. The Bertz CT molecular complexity index is 495. The first-order valence-electron chi connectivity index (χ1n) is 7.90. The Hall–Kier alpha value is -1.55. The van der Waals surface area contributed by atoms with E-state index in [1.165, 1.54) is 5.69 Å². The number of rotatable bonds is 4. The van der Waals surface area contributed by atoms with Gasteiger partial charge in [0.2, 0.25) is 0 Å². The monoisotopic (exact) mass is 288 g/mol. The van der Waals surface area contributed by atoms with Gasteiger partial charge < -0.3 is 9.64 Å². The van der Waals surface area contributed by atoms with E-state index in [1.54, 1.807) is 7.11 Å². The van der Waals surface area contributed by atoms with Gasteiger partial charge in [0, 0.05) is 56.8 Å². The molecule has 3 rings (SSSR count). The van der Waals surface area contributed by atoms with Crippen LogP contribution in [0.3, 0.4) is 0 Å². The molecular weight excluding hydrogens is 264 g/mol. The van der Waals surface area contributed by atoms with Crippen molar-refractivity contribution in [2.24, 2.45) is 5.92 Å². The molecule has 4 heteroatoms. The molecule has 1 aliphatic heterocycles. The molecular formula is C17H24N2O2. The van der Waals surface area contributed by atoms with Crippen molar-refractivity contribution in [3.8, 4) is 5.75 Å². The highest BCUT2D eigenvalue weighted by molar-refractivity contribution is 5.83. The number of methoxy groups -OCH3 is 1. The zero-order valence-corrected chi connectivity index (χ0v) is 12.8. The fourth-order valence-corrected chi connectivity index (χ4v) is 3.39. The fraction of sp³-hybridized carbons (Fsp3) is 0.588. The van der Waals surface area contributed by atoms with Crippen molar-refractivity contribution in [1.82, 2.24) is 4.90 Å². The lowest BCUT2D eigenvalue weighted by atomic mass is 10.1. The second-order valence-electron chi connectivity index (χ2n) is 6.04. The fourth-order valence-electron chi connectivity index (χ4n) is 3.39. The molecule has 0 amide bonds. The molecule has 1 aromatic rings. The molecule has 2 fully saturated rings. The number of carbonyl (C=O) groups excluding carboxylic acids is 1. The van der Waals surface area contributed by atoms with E-state index < -0.39 is 0 Å². The van der Waals surface area contributed by atoms with Gasteiger partial charge in [-0.1, -0.05) is 6.07 Å². The number of benzene rings is 1. The van der Waals surface area contributed by atoms with Crippen LogP contribution in [0.1, 0.15) is 19.3 Å². The van der Waals surface area contributed by atoms with Crippen LogP contribution in [-0.4, -0.2) is 50.5 Å². The van der Waals surface area contributed by atoms with Gasteiger partial charge in [-0.15, -0.1) is 0 Å². The number of ether oxygens (including phenoxy) is 1. The molecule has 4 nitrogen and oxygen atoms in total. The van der Waals surface area contributed by atoms with Crippen molar-refractivity contribution in [3.05, 3.63) is 24.3 Å². The third-order valence-electron chi connectivity index (χ3n) is 4.70. The molecule has 1 aliphatic carbocycles. The summed E-state index contributed by atoms with van der Waals surface area (Å²) < 4.78 is 5.29. The van der Waals surface area contributed by atoms with Crippen LogP contribution in [0, 0.1) is 5.92 Å². The van der Waals surface area contributed by atoms with Gasteiger partial charge in [0.15, 0.2) is 0 Å². The third kappa shape index (κ3) is 3.38. The maximum atomic E-state index is 11.8. The number of carbonyl (C=O) groups is 1. The van der Waals surface area contributed by atoms with Crippen molar-refractivity contribution >= 4 is 11.5 Å². The second-order valence-corrected chi connectivity index (χ2v) is 6.04. The van der Waals surface area contributed by atoms with E-state index >= 15 is 0 Å². The number of Topliss-reactive ketones (excluding diaryl/α,β-unsaturated/α-hetero) is 1. The number of hydrogen-bond acceptors (Lipinski definition) is 4. The van der Waals surface area contributed by atoms with Gasteiger partial charge in [0.1, 0.15) is 11.5 Å². The third-order valence-corrected chi connectivity index (χ3v) is 4.70.